The van der Waals surface area contributed by atoms with Gasteiger partial charge in [-0.05, 0) is 79.9 Å². The van der Waals surface area contributed by atoms with Gasteiger partial charge in [-0.15, -0.1) is 0 Å². The molecular formula is C35H32Cl2N2O8S. The van der Waals surface area contributed by atoms with Gasteiger partial charge in [0.15, 0.2) is 22.9 Å². The minimum absolute atomic E-state index is 0.143. The monoisotopic (exact) mass is 710 g/mol. The van der Waals surface area contributed by atoms with E-state index in [0.717, 1.165) is 11.1 Å². The number of carbonyl (C=O) groups excluding carboxylic acids is 2. The molecule has 250 valence electrons. The first-order valence-electron chi connectivity index (χ1n) is 15.0. The molecule has 1 aliphatic rings. The highest BCUT2D eigenvalue weighted by molar-refractivity contribution is 7.07. The normalized spacial score (nSPS) is 14.2. The zero-order valence-electron chi connectivity index (χ0n) is 26.6. The second kappa shape index (κ2) is 15.5. The van der Waals surface area contributed by atoms with Crippen molar-refractivity contribution in [3.63, 3.8) is 0 Å². The Labute approximate surface area is 290 Å². The van der Waals surface area contributed by atoms with Crippen LogP contribution in [-0.4, -0.2) is 43.4 Å². The minimum atomic E-state index is -0.867. The molecule has 1 atom stereocenters. The Balaban J connectivity index is 1.50. The van der Waals surface area contributed by atoms with Crippen LogP contribution in [0.3, 0.4) is 0 Å². The predicted octanol–water partition coefficient (Wildman–Crippen LogP) is 5.63. The lowest BCUT2D eigenvalue weighted by Crippen LogP contribution is -2.40. The Hall–Kier alpha value is -4.58. The van der Waals surface area contributed by atoms with Gasteiger partial charge in [0.1, 0.15) is 12.4 Å². The van der Waals surface area contributed by atoms with Gasteiger partial charge in [0.05, 0.1) is 52.2 Å². The maximum absolute atomic E-state index is 14.1. The van der Waals surface area contributed by atoms with E-state index in [1.807, 2.05) is 37.3 Å². The summed E-state index contributed by atoms with van der Waals surface area (Å²) in [5.41, 5.74) is 2.53. The van der Waals surface area contributed by atoms with E-state index in [-0.39, 0.29) is 24.3 Å². The fraction of sp³-hybridized carbons (Fsp3) is 0.257. The number of fused-ring (bicyclic) bond motifs is 1. The molecule has 0 N–H and O–H groups in total. The highest BCUT2D eigenvalue weighted by atomic mass is 35.5. The van der Waals surface area contributed by atoms with Crippen LogP contribution in [0.2, 0.25) is 10.0 Å². The molecular weight excluding hydrogens is 679 g/mol. The Morgan fingerprint density at radius 3 is 2.40 bits per heavy atom. The number of esters is 2. The van der Waals surface area contributed by atoms with Gasteiger partial charge >= 0.3 is 11.9 Å². The minimum Gasteiger partial charge on any atom is -0.490 e. The Bertz CT molecular complexity index is 2050. The van der Waals surface area contributed by atoms with Crippen LogP contribution in [-0.2, 0) is 25.7 Å². The van der Waals surface area contributed by atoms with Crippen molar-refractivity contribution in [1.82, 2.24) is 4.57 Å². The van der Waals surface area contributed by atoms with Crippen LogP contribution in [0.4, 0.5) is 0 Å². The van der Waals surface area contributed by atoms with Crippen molar-refractivity contribution in [2.75, 3.05) is 26.9 Å². The van der Waals surface area contributed by atoms with E-state index in [0.29, 0.717) is 61.1 Å². The maximum atomic E-state index is 14.1. The Kier molecular flexibility index (Phi) is 11.3. The first kappa shape index (κ1) is 34.7. The first-order valence-corrected chi connectivity index (χ1v) is 16.5. The van der Waals surface area contributed by atoms with Crippen LogP contribution in [0.5, 0.6) is 17.2 Å². The van der Waals surface area contributed by atoms with Crippen LogP contribution in [0.25, 0.3) is 6.08 Å². The van der Waals surface area contributed by atoms with E-state index in [1.165, 1.54) is 23.0 Å². The Morgan fingerprint density at radius 2 is 1.71 bits per heavy atom. The van der Waals surface area contributed by atoms with Crippen LogP contribution in [0.15, 0.2) is 81.7 Å². The molecule has 0 saturated carbocycles. The van der Waals surface area contributed by atoms with Gasteiger partial charge in [0.2, 0.25) is 0 Å². The zero-order chi connectivity index (χ0) is 34.4. The number of hydrogen-bond donors (Lipinski definition) is 0. The number of benzene rings is 3. The molecule has 1 aromatic heterocycles. The average molecular weight is 712 g/mol. The molecule has 48 heavy (non-hydrogen) atoms. The molecule has 4 aromatic rings. The molecule has 0 bridgehead atoms. The molecule has 0 fully saturated rings. The van der Waals surface area contributed by atoms with Crippen molar-refractivity contribution >= 4 is 52.6 Å². The third-order valence-electron chi connectivity index (χ3n) is 7.24. The fourth-order valence-electron chi connectivity index (χ4n) is 4.99. The molecule has 0 saturated heterocycles. The van der Waals surface area contributed by atoms with Crippen molar-refractivity contribution in [3.8, 4) is 17.2 Å². The third-order valence-corrected chi connectivity index (χ3v) is 8.96. The molecule has 0 unspecified atom stereocenters. The van der Waals surface area contributed by atoms with Gasteiger partial charge < -0.3 is 23.7 Å². The van der Waals surface area contributed by atoms with Crippen LogP contribution < -0.4 is 29.1 Å². The molecule has 3 aromatic carbocycles. The second-order valence-corrected chi connectivity index (χ2v) is 12.2. The summed E-state index contributed by atoms with van der Waals surface area (Å²) in [5, 5.41) is 0.932. The van der Waals surface area contributed by atoms with Gasteiger partial charge in [-0.2, -0.15) is 0 Å². The lowest BCUT2D eigenvalue weighted by molar-refractivity contribution is -0.143. The SMILES string of the molecule is CCOC(=O)C1=C(C)N=c2s/c(=C\c3ccc(OCc4ccc(Cl)c(Cl)c4)cc3)c(=O)n2[C@H]1c1ccc(OCC(=O)OC)c(OCC)c1. The number of allylic oxidation sites excluding steroid dienone is 1. The molecule has 13 heteroatoms. The molecule has 0 radical (unpaired) electrons. The molecule has 0 spiro atoms. The van der Waals surface area contributed by atoms with E-state index in [4.69, 9.17) is 42.1 Å². The highest BCUT2D eigenvalue weighted by Crippen LogP contribution is 2.36. The largest absolute Gasteiger partial charge is 0.490 e. The van der Waals surface area contributed by atoms with Gasteiger partial charge in [0.25, 0.3) is 5.56 Å². The number of nitrogens with zero attached hydrogens (tertiary/aromatic N) is 2. The molecule has 10 nitrogen and oxygen atoms in total. The van der Waals surface area contributed by atoms with E-state index >= 15 is 0 Å². The molecule has 0 amide bonds. The van der Waals surface area contributed by atoms with Crippen molar-refractivity contribution in [1.29, 1.82) is 0 Å². The van der Waals surface area contributed by atoms with E-state index in [1.54, 1.807) is 50.3 Å². The summed E-state index contributed by atoms with van der Waals surface area (Å²) in [6, 6.07) is 16.8. The average Bonchev–Trinajstić information content (AvgIpc) is 3.38. The molecule has 0 aliphatic carbocycles. The van der Waals surface area contributed by atoms with Crippen LogP contribution in [0, 0.1) is 0 Å². The van der Waals surface area contributed by atoms with Crippen molar-refractivity contribution in [2.45, 2.75) is 33.4 Å². The molecule has 1 aliphatic heterocycles. The summed E-state index contributed by atoms with van der Waals surface area (Å²) in [6.45, 7) is 5.67. The summed E-state index contributed by atoms with van der Waals surface area (Å²) in [6.07, 6.45) is 1.77. The summed E-state index contributed by atoms with van der Waals surface area (Å²) >= 11 is 13.3. The van der Waals surface area contributed by atoms with Gasteiger partial charge in [0, 0.05) is 0 Å². The standard InChI is InChI=1S/C35H32Cl2N2O8S/c1-5-44-28-17-23(10-14-27(28)47-19-30(40)43-4)32-31(34(42)45-6-2)20(3)38-35-39(32)33(41)29(48-35)16-21-7-11-24(12-8-21)46-18-22-9-13-25(36)26(37)15-22/h7-17,32H,5-6,18-19H2,1-4H3/b29-16-/t32-/m0/s1. The van der Waals surface area contributed by atoms with Crippen molar-refractivity contribution < 1.29 is 33.3 Å². The number of rotatable bonds is 12. The number of methoxy groups -OCH3 is 1. The lowest BCUT2D eigenvalue weighted by atomic mass is 9.95. The lowest BCUT2D eigenvalue weighted by Gasteiger charge is -2.25. The van der Waals surface area contributed by atoms with Gasteiger partial charge in [-0.25, -0.2) is 14.6 Å². The number of ether oxygens (including phenoxy) is 5. The van der Waals surface area contributed by atoms with Crippen LogP contribution >= 0.6 is 34.5 Å². The maximum Gasteiger partial charge on any atom is 0.343 e. The van der Waals surface area contributed by atoms with E-state index in [2.05, 4.69) is 9.73 Å². The topological polar surface area (TPSA) is 115 Å². The fourth-order valence-corrected chi connectivity index (χ4v) is 6.36. The predicted molar refractivity (Wildman–Crippen MR) is 183 cm³/mol. The molecule has 5 rings (SSSR count). The highest BCUT2D eigenvalue weighted by Gasteiger charge is 2.34. The number of halogens is 2. The second-order valence-electron chi connectivity index (χ2n) is 10.4. The van der Waals surface area contributed by atoms with Crippen molar-refractivity contribution in [3.05, 3.63) is 118 Å². The van der Waals surface area contributed by atoms with Crippen LogP contribution in [0.1, 0.15) is 43.5 Å². The third kappa shape index (κ3) is 7.75. The summed E-state index contributed by atoms with van der Waals surface area (Å²) < 4.78 is 29.3. The van der Waals surface area contributed by atoms with Gasteiger partial charge in [-0.1, -0.05) is 58.8 Å². The number of thiazole rings is 1. The van der Waals surface area contributed by atoms with Gasteiger partial charge in [-0.3, -0.25) is 9.36 Å². The quantitative estimate of drug-likeness (QED) is 0.174. The smallest absolute Gasteiger partial charge is 0.343 e. The number of hydrogen-bond acceptors (Lipinski definition) is 10. The number of carbonyl (C=O) groups is 2. The zero-order valence-corrected chi connectivity index (χ0v) is 28.9. The first-order chi connectivity index (χ1) is 23.1. The summed E-state index contributed by atoms with van der Waals surface area (Å²) in [4.78, 5) is 44.1. The van der Waals surface area contributed by atoms with E-state index in [9.17, 15) is 14.4 Å². The summed E-state index contributed by atoms with van der Waals surface area (Å²) in [5.74, 6) is 0.140. The van der Waals surface area contributed by atoms with E-state index < -0.39 is 18.0 Å². The number of aromatic nitrogens is 1. The summed E-state index contributed by atoms with van der Waals surface area (Å²) in [7, 11) is 1.27. The molecule has 2 heterocycles. The Morgan fingerprint density at radius 1 is 0.938 bits per heavy atom. The van der Waals surface area contributed by atoms with Crippen molar-refractivity contribution in [2.24, 2.45) is 4.99 Å².